The van der Waals surface area contributed by atoms with E-state index in [2.05, 4.69) is 31.6 Å². The minimum atomic E-state index is -0.354. The zero-order valence-electron chi connectivity index (χ0n) is 16.2. The molecule has 6 nitrogen and oxygen atoms in total. The van der Waals surface area contributed by atoms with Crippen molar-refractivity contribution in [1.82, 2.24) is 19.4 Å². The second kappa shape index (κ2) is 6.26. The quantitative estimate of drug-likeness (QED) is 0.695. The van der Waals surface area contributed by atoms with Crippen molar-refractivity contribution in [2.75, 3.05) is 18.0 Å². The van der Waals surface area contributed by atoms with Crippen LogP contribution in [0.1, 0.15) is 31.0 Å². The average molecular weight is 385 g/mol. The Balaban J connectivity index is 1.38. The number of anilines is 1. The normalized spacial score (nSPS) is 28.7. The summed E-state index contributed by atoms with van der Waals surface area (Å²) >= 11 is 0. The first-order chi connectivity index (χ1) is 14.3. The fourth-order valence-electron chi connectivity index (χ4n) is 5.87. The molecule has 6 rings (SSSR count). The third-order valence-electron chi connectivity index (χ3n) is 7.00. The highest BCUT2D eigenvalue weighted by molar-refractivity contribution is 6.03. The Bertz CT molecular complexity index is 1050. The van der Waals surface area contributed by atoms with E-state index in [0.29, 0.717) is 11.9 Å². The Hall–Kier alpha value is -2.99. The molecule has 3 aliphatic heterocycles. The van der Waals surface area contributed by atoms with Gasteiger partial charge in [0.1, 0.15) is 5.54 Å². The molecule has 29 heavy (non-hydrogen) atoms. The first-order valence-electron chi connectivity index (χ1n) is 10.4. The van der Waals surface area contributed by atoms with Gasteiger partial charge in [0.25, 0.3) is 0 Å². The maximum atomic E-state index is 13.7. The Morgan fingerprint density at radius 3 is 2.66 bits per heavy atom. The fraction of sp³-hybridized carbons (Fsp3) is 0.348. The SMILES string of the molecule is O=C1N(c2ccccc2)C[C@@H]2C[C@@H](c3cccn3-c3ncccn3)N3CCC[C@@]123. The molecule has 3 atom stereocenters. The van der Waals surface area contributed by atoms with Crippen molar-refractivity contribution in [2.24, 2.45) is 5.92 Å². The topological polar surface area (TPSA) is 54.3 Å². The van der Waals surface area contributed by atoms with Crippen molar-refractivity contribution >= 4 is 11.6 Å². The van der Waals surface area contributed by atoms with Gasteiger partial charge in [-0.25, -0.2) is 9.97 Å². The zero-order valence-corrected chi connectivity index (χ0v) is 16.2. The molecule has 2 aromatic heterocycles. The van der Waals surface area contributed by atoms with Gasteiger partial charge in [-0.2, -0.15) is 0 Å². The largest absolute Gasteiger partial charge is 0.310 e. The maximum absolute atomic E-state index is 13.7. The second-order valence-electron chi connectivity index (χ2n) is 8.27. The van der Waals surface area contributed by atoms with E-state index in [1.165, 1.54) is 5.69 Å². The van der Waals surface area contributed by atoms with Crippen LogP contribution < -0.4 is 4.90 Å². The van der Waals surface area contributed by atoms with Crippen LogP contribution in [0.15, 0.2) is 67.1 Å². The first-order valence-corrected chi connectivity index (χ1v) is 10.4. The zero-order chi connectivity index (χ0) is 19.4. The van der Waals surface area contributed by atoms with Gasteiger partial charge in [-0.3, -0.25) is 14.3 Å². The van der Waals surface area contributed by atoms with Crippen LogP contribution in [0.3, 0.4) is 0 Å². The molecular formula is C23H23N5O. The van der Waals surface area contributed by atoms with Crippen molar-refractivity contribution in [3.63, 3.8) is 0 Å². The Morgan fingerprint density at radius 1 is 1.00 bits per heavy atom. The van der Waals surface area contributed by atoms with Gasteiger partial charge < -0.3 is 4.90 Å². The molecule has 5 heterocycles. The minimum absolute atomic E-state index is 0.225. The Kier molecular flexibility index (Phi) is 3.65. The van der Waals surface area contributed by atoms with E-state index in [9.17, 15) is 4.79 Å². The molecule has 0 N–H and O–H groups in total. The number of hydrogen-bond acceptors (Lipinski definition) is 4. The molecule has 0 aliphatic carbocycles. The molecule has 6 heteroatoms. The lowest BCUT2D eigenvalue weighted by Gasteiger charge is -2.33. The Labute approximate surface area is 169 Å². The monoisotopic (exact) mass is 385 g/mol. The van der Waals surface area contributed by atoms with Gasteiger partial charge in [0.2, 0.25) is 11.9 Å². The number of rotatable bonds is 3. The molecule has 3 aliphatic rings. The van der Waals surface area contributed by atoms with Crippen LogP contribution in [-0.4, -0.2) is 44.0 Å². The number of hydrogen-bond donors (Lipinski definition) is 0. The van der Waals surface area contributed by atoms with Crippen LogP contribution >= 0.6 is 0 Å². The van der Waals surface area contributed by atoms with E-state index < -0.39 is 0 Å². The summed E-state index contributed by atoms with van der Waals surface area (Å²) in [5.41, 5.74) is 1.85. The molecule has 0 radical (unpaired) electrons. The number of carbonyl (C=O) groups excluding carboxylic acids is 1. The standard InChI is InChI=1S/C23H23N5O/c29-21-23-10-5-14-28(23)20(15-17(23)16-27(21)18-7-2-1-3-8-18)19-9-4-13-26(19)22-24-11-6-12-25-22/h1-4,6-9,11-13,17,20H,5,10,14-16H2/t17-,20-,23-/m0/s1. The number of aromatic nitrogens is 3. The minimum Gasteiger partial charge on any atom is -0.310 e. The number of para-hydroxylation sites is 1. The Morgan fingerprint density at radius 2 is 1.83 bits per heavy atom. The van der Waals surface area contributed by atoms with E-state index in [1.807, 2.05) is 47.5 Å². The summed E-state index contributed by atoms with van der Waals surface area (Å²) in [5, 5.41) is 0. The number of amides is 1. The number of benzene rings is 1. The molecule has 1 amide bonds. The summed E-state index contributed by atoms with van der Waals surface area (Å²) in [6.45, 7) is 1.77. The predicted molar refractivity (Wildman–Crippen MR) is 110 cm³/mol. The fourth-order valence-corrected chi connectivity index (χ4v) is 5.87. The summed E-state index contributed by atoms with van der Waals surface area (Å²) in [4.78, 5) is 27.1. The van der Waals surface area contributed by atoms with E-state index in [-0.39, 0.29) is 17.5 Å². The van der Waals surface area contributed by atoms with Crippen molar-refractivity contribution in [1.29, 1.82) is 0 Å². The van der Waals surface area contributed by atoms with Crippen molar-refractivity contribution < 1.29 is 4.79 Å². The maximum Gasteiger partial charge on any atom is 0.247 e. The van der Waals surface area contributed by atoms with Gasteiger partial charge in [-0.05, 0) is 56.1 Å². The third kappa shape index (κ3) is 2.29. The van der Waals surface area contributed by atoms with Crippen LogP contribution in [0, 0.1) is 5.92 Å². The summed E-state index contributed by atoms with van der Waals surface area (Å²) < 4.78 is 2.08. The third-order valence-corrected chi connectivity index (χ3v) is 7.00. The predicted octanol–water partition coefficient (Wildman–Crippen LogP) is 3.21. The smallest absolute Gasteiger partial charge is 0.247 e. The molecule has 0 unspecified atom stereocenters. The van der Waals surface area contributed by atoms with E-state index in [0.717, 1.165) is 38.0 Å². The lowest BCUT2D eigenvalue weighted by molar-refractivity contribution is -0.126. The van der Waals surface area contributed by atoms with E-state index >= 15 is 0 Å². The van der Waals surface area contributed by atoms with Crippen molar-refractivity contribution in [2.45, 2.75) is 30.8 Å². The van der Waals surface area contributed by atoms with Gasteiger partial charge >= 0.3 is 0 Å². The summed E-state index contributed by atoms with van der Waals surface area (Å²) in [7, 11) is 0. The second-order valence-corrected chi connectivity index (χ2v) is 8.27. The highest BCUT2D eigenvalue weighted by Gasteiger charge is 2.65. The average Bonchev–Trinajstić information content (AvgIpc) is 3.52. The molecular weight excluding hydrogens is 362 g/mol. The van der Waals surface area contributed by atoms with Crippen LogP contribution in [0.4, 0.5) is 5.69 Å². The lowest BCUT2D eigenvalue weighted by atomic mass is 9.85. The number of carbonyl (C=O) groups is 1. The summed E-state index contributed by atoms with van der Waals surface area (Å²) in [6, 6.07) is 16.4. The van der Waals surface area contributed by atoms with Crippen LogP contribution in [0.2, 0.25) is 0 Å². The first kappa shape index (κ1) is 16.9. The van der Waals surface area contributed by atoms with E-state index in [1.54, 1.807) is 12.4 Å². The highest BCUT2D eigenvalue weighted by Crippen LogP contribution is 2.56. The van der Waals surface area contributed by atoms with Gasteiger partial charge in [-0.1, -0.05) is 18.2 Å². The molecule has 1 aromatic carbocycles. The van der Waals surface area contributed by atoms with Gasteiger partial charge in [-0.15, -0.1) is 0 Å². The van der Waals surface area contributed by atoms with E-state index in [4.69, 9.17) is 0 Å². The van der Waals surface area contributed by atoms with Gasteiger partial charge in [0, 0.05) is 42.4 Å². The summed E-state index contributed by atoms with van der Waals surface area (Å²) in [6.07, 6.45) is 8.59. The van der Waals surface area contributed by atoms with Crippen LogP contribution in [-0.2, 0) is 4.79 Å². The highest BCUT2D eigenvalue weighted by atomic mass is 16.2. The van der Waals surface area contributed by atoms with Gasteiger partial charge in [0.05, 0.1) is 6.04 Å². The van der Waals surface area contributed by atoms with Crippen molar-refractivity contribution in [3.8, 4) is 5.95 Å². The van der Waals surface area contributed by atoms with Gasteiger partial charge in [0.15, 0.2) is 0 Å². The molecule has 0 saturated carbocycles. The van der Waals surface area contributed by atoms with Crippen LogP contribution in [0.25, 0.3) is 5.95 Å². The molecule has 1 spiro atoms. The molecule has 3 saturated heterocycles. The molecule has 3 aromatic rings. The number of nitrogens with zero attached hydrogens (tertiary/aromatic N) is 5. The molecule has 146 valence electrons. The summed E-state index contributed by atoms with van der Waals surface area (Å²) in [5.74, 6) is 1.32. The molecule has 0 bridgehead atoms. The van der Waals surface area contributed by atoms with Crippen LogP contribution in [0.5, 0.6) is 0 Å². The molecule has 3 fully saturated rings. The lowest BCUT2D eigenvalue weighted by Crippen LogP contribution is -2.50. The van der Waals surface area contributed by atoms with Crippen molar-refractivity contribution in [3.05, 3.63) is 72.8 Å².